The maximum atomic E-state index is 12.1. The van der Waals surface area contributed by atoms with E-state index in [-0.39, 0.29) is 5.91 Å². The molecule has 2 N–H and O–H groups in total. The zero-order chi connectivity index (χ0) is 17.5. The lowest BCUT2D eigenvalue weighted by Gasteiger charge is -2.09. The van der Waals surface area contributed by atoms with Gasteiger partial charge in [-0.15, -0.1) is 0 Å². The molecule has 1 aromatic heterocycles. The number of carbonyl (C=O) groups excluding carboxylic acids is 1. The van der Waals surface area contributed by atoms with E-state index in [0.717, 1.165) is 28.0 Å². The summed E-state index contributed by atoms with van der Waals surface area (Å²) in [4.78, 5) is 16.1. The van der Waals surface area contributed by atoms with E-state index in [1.165, 1.54) is 5.56 Å². The molecule has 0 atom stereocenters. The lowest BCUT2D eigenvalue weighted by Crippen LogP contribution is -2.14. The van der Waals surface area contributed by atoms with Crippen LogP contribution in [0.15, 0.2) is 77.5 Å². The summed E-state index contributed by atoms with van der Waals surface area (Å²) in [7, 11) is 0. The van der Waals surface area contributed by atoms with Crippen LogP contribution in [-0.2, 0) is 17.8 Å². The Hall–Kier alpha value is -2.66. The molecule has 0 aliphatic heterocycles. The van der Waals surface area contributed by atoms with Crippen molar-refractivity contribution < 1.29 is 4.79 Å². The molecule has 0 spiro atoms. The van der Waals surface area contributed by atoms with Crippen molar-refractivity contribution in [2.75, 3.05) is 10.6 Å². The Bertz CT molecular complexity index is 818. The van der Waals surface area contributed by atoms with Gasteiger partial charge < -0.3 is 10.6 Å². The molecule has 5 heteroatoms. The average molecular weight is 396 g/mol. The molecule has 0 fully saturated rings. The Kier molecular flexibility index (Phi) is 5.80. The first-order valence-electron chi connectivity index (χ1n) is 7.96. The minimum atomic E-state index is -0.0279. The van der Waals surface area contributed by atoms with E-state index in [1.807, 2.05) is 60.7 Å². The molecule has 0 aliphatic carbocycles. The fourth-order valence-corrected chi connectivity index (χ4v) is 2.63. The number of nitrogens with zero attached hydrogens (tertiary/aromatic N) is 1. The molecular weight excluding hydrogens is 378 g/mol. The van der Waals surface area contributed by atoms with E-state index < -0.39 is 0 Å². The molecule has 0 radical (unpaired) electrons. The van der Waals surface area contributed by atoms with E-state index in [1.54, 1.807) is 12.4 Å². The Labute approximate surface area is 155 Å². The summed E-state index contributed by atoms with van der Waals surface area (Å²) in [5.41, 5.74) is 3.94. The number of nitrogens with one attached hydrogen (secondary N) is 2. The molecule has 0 unspecified atom stereocenters. The van der Waals surface area contributed by atoms with E-state index in [9.17, 15) is 4.79 Å². The monoisotopic (exact) mass is 395 g/mol. The van der Waals surface area contributed by atoms with Crippen molar-refractivity contribution in [3.8, 4) is 0 Å². The highest BCUT2D eigenvalue weighted by molar-refractivity contribution is 9.10. The number of pyridine rings is 1. The highest BCUT2D eigenvalue weighted by Gasteiger charge is 2.04. The quantitative estimate of drug-likeness (QED) is 0.639. The standard InChI is InChI=1S/C20H18BrN3O/c21-17-3-1-15(2-4-17)13-20(25)24-19-7-5-18(6-8-19)23-14-16-9-11-22-12-10-16/h1-12,23H,13-14H2,(H,24,25). The van der Waals surface area contributed by atoms with Crippen molar-refractivity contribution in [3.63, 3.8) is 0 Å². The Morgan fingerprint density at radius 2 is 1.48 bits per heavy atom. The molecule has 1 amide bonds. The molecule has 3 rings (SSSR count). The Balaban J connectivity index is 1.51. The minimum absolute atomic E-state index is 0.0279. The van der Waals surface area contributed by atoms with Gasteiger partial charge in [0.1, 0.15) is 0 Å². The number of amides is 1. The summed E-state index contributed by atoms with van der Waals surface area (Å²) in [6.07, 6.45) is 3.91. The van der Waals surface area contributed by atoms with Gasteiger partial charge in [-0.3, -0.25) is 9.78 Å². The smallest absolute Gasteiger partial charge is 0.228 e. The molecule has 25 heavy (non-hydrogen) atoms. The fourth-order valence-electron chi connectivity index (χ4n) is 2.37. The zero-order valence-corrected chi connectivity index (χ0v) is 15.2. The van der Waals surface area contributed by atoms with Gasteiger partial charge in [0, 0.05) is 34.8 Å². The predicted molar refractivity (Wildman–Crippen MR) is 104 cm³/mol. The van der Waals surface area contributed by atoms with Crippen molar-refractivity contribution in [1.29, 1.82) is 0 Å². The second-order valence-electron chi connectivity index (χ2n) is 5.64. The summed E-state index contributed by atoms with van der Waals surface area (Å²) in [5.74, 6) is -0.0279. The maximum absolute atomic E-state index is 12.1. The van der Waals surface area contributed by atoms with Crippen LogP contribution >= 0.6 is 15.9 Å². The Morgan fingerprint density at radius 1 is 0.840 bits per heavy atom. The number of rotatable bonds is 6. The van der Waals surface area contributed by atoms with Gasteiger partial charge in [-0.05, 0) is 59.7 Å². The Morgan fingerprint density at radius 3 is 2.16 bits per heavy atom. The van der Waals surface area contributed by atoms with Crippen LogP contribution in [-0.4, -0.2) is 10.9 Å². The first kappa shape index (κ1) is 17.2. The second-order valence-corrected chi connectivity index (χ2v) is 6.55. The largest absolute Gasteiger partial charge is 0.381 e. The summed E-state index contributed by atoms with van der Waals surface area (Å²) in [6, 6.07) is 19.4. The van der Waals surface area contributed by atoms with Gasteiger partial charge in [0.2, 0.25) is 5.91 Å². The molecule has 1 heterocycles. The van der Waals surface area contributed by atoms with Crippen molar-refractivity contribution in [3.05, 3.63) is 88.7 Å². The lowest BCUT2D eigenvalue weighted by molar-refractivity contribution is -0.115. The first-order valence-corrected chi connectivity index (χ1v) is 8.75. The summed E-state index contributed by atoms with van der Waals surface area (Å²) >= 11 is 3.39. The normalized spacial score (nSPS) is 10.3. The summed E-state index contributed by atoms with van der Waals surface area (Å²) < 4.78 is 1.01. The first-order chi connectivity index (χ1) is 12.2. The number of carbonyl (C=O) groups is 1. The van der Waals surface area contributed by atoms with Crippen LogP contribution in [0.5, 0.6) is 0 Å². The van der Waals surface area contributed by atoms with Crippen molar-refractivity contribution in [2.45, 2.75) is 13.0 Å². The molecule has 0 bridgehead atoms. The molecule has 0 aliphatic rings. The van der Waals surface area contributed by atoms with E-state index >= 15 is 0 Å². The van der Waals surface area contributed by atoms with Crippen LogP contribution in [0.4, 0.5) is 11.4 Å². The summed E-state index contributed by atoms with van der Waals surface area (Å²) in [5, 5.41) is 6.26. The topological polar surface area (TPSA) is 54.0 Å². The zero-order valence-electron chi connectivity index (χ0n) is 13.6. The van der Waals surface area contributed by atoms with Gasteiger partial charge in [-0.1, -0.05) is 28.1 Å². The van der Waals surface area contributed by atoms with Gasteiger partial charge in [0.25, 0.3) is 0 Å². The van der Waals surface area contributed by atoms with E-state index in [0.29, 0.717) is 6.42 Å². The van der Waals surface area contributed by atoms with Crippen LogP contribution in [0.3, 0.4) is 0 Å². The molecule has 4 nitrogen and oxygen atoms in total. The predicted octanol–water partition coefficient (Wildman–Crippen LogP) is 4.64. The lowest BCUT2D eigenvalue weighted by atomic mass is 10.1. The molecule has 0 saturated heterocycles. The van der Waals surface area contributed by atoms with Crippen molar-refractivity contribution in [1.82, 2.24) is 4.98 Å². The third-order valence-corrected chi connectivity index (χ3v) is 4.22. The van der Waals surface area contributed by atoms with Gasteiger partial charge >= 0.3 is 0 Å². The fraction of sp³-hybridized carbons (Fsp3) is 0.100. The van der Waals surface area contributed by atoms with Gasteiger partial charge in [-0.2, -0.15) is 0 Å². The molecular formula is C20H18BrN3O. The van der Waals surface area contributed by atoms with E-state index in [4.69, 9.17) is 0 Å². The van der Waals surface area contributed by atoms with Gasteiger partial charge in [-0.25, -0.2) is 0 Å². The van der Waals surface area contributed by atoms with Gasteiger partial charge in [0.05, 0.1) is 6.42 Å². The maximum Gasteiger partial charge on any atom is 0.228 e. The molecule has 2 aromatic carbocycles. The minimum Gasteiger partial charge on any atom is -0.381 e. The van der Waals surface area contributed by atoms with Crippen molar-refractivity contribution in [2.24, 2.45) is 0 Å². The van der Waals surface area contributed by atoms with E-state index in [2.05, 4.69) is 31.5 Å². The van der Waals surface area contributed by atoms with Crippen LogP contribution in [0.2, 0.25) is 0 Å². The number of halogens is 1. The number of aromatic nitrogens is 1. The second kappa shape index (κ2) is 8.44. The van der Waals surface area contributed by atoms with Crippen LogP contribution < -0.4 is 10.6 Å². The number of hydrogen-bond donors (Lipinski definition) is 2. The van der Waals surface area contributed by atoms with Gasteiger partial charge in [0.15, 0.2) is 0 Å². The highest BCUT2D eigenvalue weighted by Crippen LogP contribution is 2.16. The highest BCUT2D eigenvalue weighted by atomic mass is 79.9. The third-order valence-electron chi connectivity index (χ3n) is 3.69. The third kappa shape index (κ3) is 5.43. The van der Waals surface area contributed by atoms with Crippen LogP contribution in [0, 0.1) is 0 Å². The molecule has 3 aromatic rings. The van der Waals surface area contributed by atoms with Crippen LogP contribution in [0.25, 0.3) is 0 Å². The molecule has 0 saturated carbocycles. The van der Waals surface area contributed by atoms with Crippen LogP contribution in [0.1, 0.15) is 11.1 Å². The average Bonchev–Trinajstić information content (AvgIpc) is 2.64. The SMILES string of the molecule is O=C(Cc1ccc(Br)cc1)Nc1ccc(NCc2ccncc2)cc1. The number of benzene rings is 2. The summed E-state index contributed by atoms with van der Waals surface area (Å²) in [6.45, 7) is 0.734. The molecule has 126 valence electrons. The van der Waals surface area contributed by atoms with Crippen molar-refractivity contribution >= 4 is 33.2 Å². The number of hydrogen-bond acceptors (Lipinski definition) is 3. The number of anilines is 2.